The molecule has 0 radical (unpaired) electrons. The number of phenols is 1. The van der Waals surface area contributed by atoms with Crippen molar-refractivity contribution in [3.8, 4) is 11.5 Å². The maximum Gasteiger partial charge on any atom is 0.326 e. The third kappa shape index (κ3) is 3.15. The number of likely N-dealkylation sites (N-methyl/N-ethyl adjacent to an activating group) is 1. The number of hydrogen-bond acceptors (Lipinski definition) is 8. The van der Waals surface area contributed by atoms with Gasteiger partial charge >= 0.3 is 5.97 Å². The van der Waals surface area contributed by atoms with E-state index in [1.807, 2.05) is 26.8 Å². The summed E-state index contributed by atoms with van der Waals surface area (Å²) in [6.45, 7) is 7.94. The third-order valence-corrected chi connectivity index (χ3v) is 8.59. The van der Waals surface area contributed by atoms with E-state index >= 15 is 0 Å². The average Bonchev–Trinajstić information content (AvgIpc) is 3.11. The molecule has 2 fully saturated rings. The highest BCUT2D eigenvalue weighted by molar-refractivity contribution is 5.77. The molecule has 4 aliphatic rings. The molecule has 2 bridgehead atoms. The van der Waals surface area contributed by atoms with Crippen LogP contribution in [-0.4, -0.2) is 83.3 Å². The smallest absolute Gasteiger partial charge is 0.326 e. The molecule has 34 heavy (non-hydrogen) atoms. The van der Waals surface area contributed by atoms with Crippen LogP contribution in [0.1, 0.15) is 58.1 Å². The average molecular weight is 475 g/mol. The first-order valence-corrected chi connectivity index (χ1v) is 12.4. The van der Waals surface area contributed by atoms with Gasteiger partial charge in [-0.1, -0.05) is 6.07 Å². The second-order valence-corrected chi connectivity index (χ2v) is 11.6. The minimum atomic E-state index is -0.939. The van der Waals surface area contributed by atoms with Crippen LogP contribution in [0.25, 0.3) is 0 Å². The number of hydrogen-bond donors (Lipinski definition) is 3. The van der Waals surface area contributed by atoms with E-state index < -0.39 is 34.7 Å². The summed E-state index contributed by atoms with van der Waals surface area (Å²) in [7, 11) is 3.95. The van der Waals surface area contributed by atoms with Crippen molar-refractivity contribution >= 4 is 5.97 Å². The lowest BCUT2D eigenvalue weighted by Crippen LogP contribution is -2.78. The maximum atomic E-state index is 13.0. The Hall–Kier alpha value is -1.87. The molecule has 1 aromatic rings. The predicted octanol–water partition coefficient (Wildman–Crippen LogP) is 1.88. The zero-order chi connectivity index (χ0) is 24.6. The van der Waals surface area contributed by atoms with Crippen LogP contribution in [0.2, 0.25) is 0 Å². The molecule has 2 aliphatic carbocycles. The van der Waals surface area contributed by atoms with E-state index in [0.717, 1.165) is 31.4 Å². The van der Waals surface area contributed by atoms with Crippen LogP contribution in [0.5, 0.6) is 11.5 Å². The van der Waals surface area contributed by atoms with Gasteiger partial charge in [0.1, 0.15) is 17.7 Å². The third-order valence-electron chi connectivity index (χ3n) is 8.59. The summed E-state index contributed by atoms with van der Waals surface area (Å²) < 4.78 is 18.7. The van der Waals surface area contributed by atoms with Crippen molar-refractivity contribution in [3.05, 3.63) is 23.3 Å². The van der Waals surface area contributed by atoms with E-state index in [-0.39, 0.29) is 23.9 Å². The Labute approximate surface area is 201 Å². The molecule has 4 unspecified atom stereocenters. The maximum absolute atomic E-state index is 13.0. The summed E-state index contributed by atoms with van der Waals surface area (Å²) in [5, 5.41) is 24.7. The molecule has 8 nitrogen and oxygen atoms in total. The molecule has 1 saturated heterocycles. The Morgan fingerprint density at radius 3 is 2.71 bits per heavy atom. The van der Waals surface area contributed by atoms with Crippen LogP contribution < -0.4 is 10.1 Å². The number of aliphatic hydroxyl groups is 1. The topological polar surface area (TPSA) is 100 Å². The van der Waals surface area contributed by atoms with Crippen molar-refractivity contribution < 1.29 is 29.2 Å². The van der Waals surface area contributed by atoms with E-state index in [1.165, 1.54) is 5.56 Å². The van der Waals surface area contributed by atoms with Crippen molar-refractivity contribution in [1.82, 2.24) is 10.2 Å². The highest BCUT2D eigenvalue weighted by atomic mass is 16.6. The quantitative estimate of drug-likeness (QED) is 0.557. The van der Waals surface area contributed by atoms with Crippen LogP contribution in [0.4, 0.5) is 0 Å². The zero-order valence-corrected chi connectivity index (χ0v) is 21.1. The van der Waals surface area contributed by atoms with E-state index in [2.05, 4.69) is 17.3 Å². The number of nitrogens with one attached hydrogen (secondary N) is 1. The molecule has 1 aromatic carbocycles. The van der Waals surface area contributed by atoms with E-state index in [1.54, 1.807) is 20.1 Å². The largest absolute Gasteiger partial charge is 0.504 e. The second-order valence-electron chi connectivity index (χ2n) is 11.6. The van der Waals surface area contributed by atoms with E-state index in [0.29, 0.717) is 12.2 Å². The Bertz CT molecular complexity index is 990. The van der Waals surface area contributed by atoms with Crippen LogP contribution in [0, 0.1) is 0 Å². The molecule has 5 rings (SSSR count). The van der Waals surface area contributed by atoms with Gasteiger partial charge < -0.3 is 29.3 Å². The zero-order valence-electron chi connectivity index (χ0n) is 21.1. The number of likely N-dealkylation sites (tertiary alicyclic amines) is 1. The predicted molar refractivity (Wildman–Crippen MR) is 126 cm³/mol. The number of esters is 1. The number of rotatable bonds is 5. The Morgan fingerprint density at radius 2 is 2.06 bits per heavy atom. The molecule has 188 valence electrons. The van der Waals surface area contributed by atoms with Gasteiger partial charge in [-0.2, -0.15) is 0 Å². The number of aliphatic hydroxyl groups excluding tert-OH is 1. The van der Waals surface area contributed by atoms with Gasteiger partial charge in [-0.25, -0.2) is 0 Å². The van der Waals surface area contributed by atoms with Gasteiger partial charge in [0.05, 0.1) is 17.1 Å². The standard InChI is InChI=1S/C26H38N2O6/c1-14(29)20(23(31)34-24(2,3)4)27-16-9-10-26(32-6)18-13-15-7-8-17(30)21-19(15)25(26,22(16)33-21)11-12-28(18)5/h7-8,14,16,18,20,22,27,29-30H,9-13H2,1-6H3/t14?,16?,18?,20?,22-,25-,26+/m0/s1. The van der Waals surface area contributed by atoms with Crippen molar-refractivity contribution in [2.24, 2.45) is 0 Å². The monoisotopic (exact) mass is 474 g/mol. The number of carbonyl (C=O) groups is 1. The van der Waals surface area contributed by atoms with E-state index in [4.69, 9.17) is 14.2 Å². The first kappa shape index (κ1) is 23.9. The molecule has 3 N–H and O–H groups in total. The van der Waals surface area contributed by atoms with Crippen LogP contribution in [-0.2, 0) is 26.1 Å². The molecule has 2 heterocycles. The van der Waals surface area contributed by atoms with Gasteiger partial charge in [0, 0.05) is 24.8 Å². The lowest BCUT2D eigenvalue weighted by molar-refractivity contribution is -0.204. The number of aromatic hydroxyl groups is 1. The summed E-state index contributed by atoms with van der Waals surface area (Å²) in [5.74, 6) is 0.210. The Kier molecular flexibility index (Phi) is 5.48. The fourth-order valence-corrected chi connectivity index (χ4v) is 7.31. The first-order chi connectivity index (χ1) is 15.9. The first-order valence-electron chi connectivity index (χ1n) is 12.4. The number of nitrogens with zero attached hydrogens (tertiary/aromatic N) is 1. The van der Waals surface area contributed by atoms with Crippen LogP contribution in [0.15, 0.2) is 12.1 Å². The summed E-state index contributed by atoms with van der Waals surface area (Å²) in [6, 6.07) is 2.82. The molecule has 1 spiro atoms. The van der Waals surface area contributed by atoms with Gasteiger partial charge in [0.2, 0.25) is 0 Å². The molecule has 2 aliphatic heterocycles. The lowest BCUT2D eigenvalue weighted by Gasteiger charge is -2.65. The number of ether oxygens (including phenoxy) is 3. The number of methoxy groups -OCH3 is 1. The van der Waals surface area contributed by atoms with Crippen LogP contribution in [0.3, 0.4) is 0 Å². The van der Waals surface area contributed by atoms with Crippen molar-refractivity contribution in [2.75, 3.05) is 20.7 Å². The fraction of sp³-hybridized carbons (Fsp3) is 0.731. The van der Waals surface area contributed by atoms with Crippen molar-refractivity contribution in [2.45, 2.75) is 100 Å². The summed E-state index contributed by atoms with van der Waals surface area (Å²) in [5.41, 5.74) is 0.697. The van der Waals surface area contributed by atoms with Gasteiger partial charge in [-0.15, -0.1) is 0 Å². The summed E-state index contributed by atoms with van der Waals surface area (Å²) in [6.07, 6.45) is 1.88. The molecular weight excluding hydrogens is 436 g/mol. The Morgan fingerprint density at radius 1 is 1.32 bits per heavy atom. The molecular formula is C26H38N2O6. The van der Waals surface area contributed by atoms with Gasteiger partial charge in [0.15, 0.2) is 11.5 Å². The highest BCUT2D eigenvalue weighted by Crippen LogP contribution is 2.66. The molecule has 1 saturated carbocycles. The molecule has 7 atom stereocenters. The lowest BCUT2D eigenvalue weighted by atomic mass is 9.48. The summed E-state index contributed by atoms with van der Waals surface area (Å²) >= 11 is 0. The minimum absolute atomic E-state index is 0.142. The fourth-order valence-electron chi connectivity index (χ4n) is 7.31. The number of piperidine rings is 1. The second kappa shape index (κ2) is 7.82. The Balaban J connectivity index is 1.57. The van der Waals surface area contributed by atoms with Gasteiger partial charge in [-0.05, 0) is 78.6 Å². The SMILES string of the molecule is CO[C@@]12CCC(NC(C(=O)OC(C)(C)C)C(C)O)[C@@H]3Oc4c(O)ccc5c4[C@@]31CCN(C)C2C5. The van der Waals surface area contributed by atoms with E-state index in [9.17, 15) is 15.0 Å². The highest BCUT2D eigenvalue weighted by Gasteiger charge is 2.73. The molecule has 0 amide bonds. The number of phenolic OH excluding ortho intramolecular Hbond substituents is 1. The van der Waals surface area contributed by atoms with Crippen molar-refractivity contribution in [1.29, 1.82) is 0 Å². The molecule has 8 heteroatoms. The molecule has 0 aromatic heterocycles. The van der Waals surface area contributed by atoms with Crippen LogP contribution >= 0.6 is 0 Å². The minimum Gasteiger partial charge on any atom is -0.504 e. The van der Waals surface area contributed by atoms with Gasteiger partial charge in [0.25, 0.3) is 0 Å². The normalized spacial score (nSPS) is 35.8. The summed E-state index contributed by atoms with van der Waals surface area (Å²) in [4.78, 5) is 15.4. The van der Waals surface area contributed by atoms with Crippen molar-refractivity contribution in [3.63, 3.8) is 0 Å². The number of carbonyl (C=O) groups excluding carboxylic acids is 1. The van der Waals surface area contributed by atoms with Gasteiger partial charge in [-0.3, -0.25) is 10.1 Å². The number of benzene rings is 1.